The van der Waals surface area contributed by atoms with E-state index in [-0.39, 0.29) is 5.54 Å². The van der Waals surface area contributed by atoms with Crippen LogP contribution in [0.1, 0.15) is 31.3 Å². The van der Waals surface area contributed by atoms with Crippen LogP contribution in [0.4, 0.5) is 0 Å². The smallest absolute Gasteiger partial charge is 0.0965 e. The van der Waals surface area contributed by atoms with Gasteiger partial charge in [0.15, 0.2) is 0 Å². The van der Waals surface area contributed by atoms with Crippen molar-refractivity contribution >= 4 is 11.3 Å². The molecule has 2 aromatic heterocycles. The fourth-order valence-corrected chi connectivity index (χ4v) is 1.92. The highest BCUT2D eigenvalue weighted by atomic mass is 32.1. The molecule has 0 saturated carbocycles. The summed E-state index contributed by atoms with van der Waals surface area (Å²) < 4.78 is 1.84. The van der Waals surface area contributed by atoms with E-state index in [1.165, 1.54) is 4.88 Å². The number of nitrogens with zero attached hydrogens (tertiary/aromatic N) is 4. The van der Waals surface area contributed by atoms with Crippen LogP contribution >= 0.6 is 11.3 Å². The standard InChI is InChI=1S/C11H17N5S/c1-11(2,3)13-4-9-6-16(15-14-9)7-10-5-12-8-17-10/h5-6,8,13H,4,7H2,1-3H3. The van der Waals surface area contributed by atoms with Gasteiger partial charge in [-0.2, -0.15) is 0 Å². The van der Waals surface area contributed by atoms with Gasteiger partial charge in [0.25, 0.3) is 0 Å². The average Bonchev–Trinajstić information content (AvgIpc) is 2.86. The van der Waals surface area contributed by atoms with E-state index in [0.29, 0.717) is 0 Å². The highest BCUT2D eigenvalue weighted by molar-refractivity contribution is 7.09. The molecule has 0 amide bonds. The summed E-state index contributed by atoms with van der Waals surface area (Å²) in [6.07, 6.45) is 3.83. The minimum atomic E-state index is 0.0987. The molecule has 6 heteroatoms. The minimum absolute atomic E-state index is 0.0987. The van der Waals surface area contributed by atoms with Crippen molar-refractivity contribution in [2.75, 3.05) is 0 Å². The Hall–Kier alpha value is -1.27. The zero-order valence-electron chi connectivity index (χ0n) is 10.3. The number of thiazole rings is 1. The first-order valence-corrected chi connectivity index (χ1v) is 6.42. The molecular formula is C11H17N5S. The molecule has 92 valence electrons. The van der Waals surface area contributed by atoms with Gasteiger partial charge in [0.05, 0.1) is 23.9 Å². The van der Waals surface area contributed by atoms with E-state index in [1.807, 2.05) is 22.6 Å². The molecule has 0 atom stereocenters. The lowest BCUT2D eigenvalue weighted by atomic mass is 10.1. The van der Waals surface area contributed by atoms with Gasteiger partial charge in [0, 0.05) is 23.2 Å². The van der Waals surface area contributed by atoms with Crippen LogP contribution in [0.2, 0.25) is 0 Å². The third kappa shape index (κ3) is 3.90. The average molecular weight is 251 g/mol. The first-order valence-electron chi connectivity index (χ1n) is 5.54. The van der Waals surface area contributed by atoms with Crippen LogP contribution in [-0.2, 0) is 13.1 Å². The zero-order valence-corrected chi connectivity index (χ0v) is 11.2. The van der Waals surface area contributed by atoms with E-state index < -0.39 is 0 Å². The predicted molar refractivity (Wildman–Crippen MR) is 67.8 cm³/mol. The first kappa shape index (κ1) is 12.2. The van der Waals surface area contributed by atoms with E-state index in [4.69, 9.17) is 0 Å². The second kappa shape index (κ2) is 4.93. The second-order valence-electron chi connectivity index (χ2n) is 4.98. The molecule has 0 saturated heterocycles. The molecule has 0 bridgehead atoms. The monoisotopic (exact) mass is 251 g/mol. The van der Waals surface area contributed by atoms with Crippen LogP contribution in [0.25, 0.3) is 0 Å². The molecule has 0 aliphatic carbocycles. The number of hydrogen-bond acceptors (Lipinski definition) is 5. The number of rotatable bonds is 4. The van der Waals surface area contributed by atoms with E-state index in [2.05, 4.69) is 41.4 Å². The maximum Gasteiger partial charge on any atom is 0.0965 e. The Bertz CT molecular complexity index is 454. The summed E-state index contributed by atoms with van der Waals surface area (Å²) >= 11 is 1.63. The topological polar surface area (TPSA) is 55.6 Å². The lowest BCUT2D eigenvalue weighted by Gasteiger charge is -2.19. The van der Waals surface area contributed by atoms with Crippen LogP contribution in [0.5, 0.6) is 0 Å². The highest BCUT2D eigenvalue weighted by Crippen LogP contribution is 2.08. The molecule has 2 heterocycles. The largest absolute Gasteiger partial charge is 0.306 e. The quantitative estimate of drug-likeness (QED) is 0.898. The molecule has 0 aromatic carbocycles. The van der Waals surface area contributed by atoms with Gasteiger partial charge in [0.1, 0.15) is 0 Å². The maximum absolute atomic E-state index is 4.13. The Kier molecular flexibility index (Phi) is 3.54. The second-order valence-corrected chi connectivity index (χ2v) is 5.95. The van der Waals surface area contributed by atoms with E-state index in [9.17, 15) is 0 Å². The van der Waals surface area contributed by atoms with Crippen LogP contribution in [0.3, 0.4) is 0 Å². The summed E-state index contributed by atoms with van der Waals surface area (Å²) in [4.78, 5) is 5.22. The van der Waals surface area contributed by atoms with Gasteiger partial charge < -0.3 is 5.32 Å². The number of aromatic nitrogens is 4. The molecule has 0 aliphatic heterocycles. The predicted octanol–water partition coefficient (Wildman–Crippen LogP) is 1.67. The molecule has 0 spiro atoms. The Morgan fingerprint density at radius 1 is 1.41 bits per heavy atom. The molecule has 5 nitrogen and oxygen atoms in total. The van der Waals surface area contributed by atoms with Crippen molar-refractivity contribution < 1.29 is 0 Å². The van der Waals surface area contributed by atoms with Gasteiger partial charge in [-0.25, -0.2) is 4.68 Å². The van der Waals surface area contributed by atoms with E-state index in [1.54, 1.807) is 11.3 Å². The Morgan fingerprint density at radius 3 is 2.88 bits per heavy atom. The minimum Gasteiger partial charge on any atom is -0.306 e. The molecular weight excluding hydrogens is 234 g/mol. The number of nitrogens with one attached hydrogen (secondary N) is 1. The van der Waals surface area contributed by atoms with E-state index >= 15 is 0 Å². The zero-order chi connectivity index (χ0) is 12.3. The summed E-state index contributed by atoms with van der Waals surface area (Å²) in [6.45, 7) is 7.89. The maximum atomic E-state index is 4.13. The molecule has 0 radical (unpaired) electrons. The Labute approximate surface area is 105 Å². The van der Waals surface area contributed by atoms with Crippen molar-refractivity contribution in [2.24, 2.45) is 0 Å². The lowest BCUT2D eigenvalue weighted by molar-refractivity contribution is 0.421. The van der Waals surface area contributed by atoms with Crippen molar-refractivity contribution in [1.82, 2.24) is 25.3 Å². The molecule has 2 rings (SSSR count). The SMILES string of the molecule is CC(C)(C)NCc1cn(Cc2cncs2)nn1. The molecule has 0 fully saturated rings. The van der Waals surface area contributed by atoms with E-state index in [0.717, 1.165) is 18.8 Å². The third-order valence-electron chi connectivity index (χ3n) is 2.19. The van der Waals surface area contributed by atoms with Gasteiger partial charge >= 0.3 is 0 Å². The van der Waals surface area contributed by atoms with Gasteiger partial charge in [0.2, 0.25) is 0 Å². The first-order chi connectivity index (χ1) is 8.03. The van der Waals surface area contributed by atoms with Gasteiger partial charge in [-0.15, -0.1) is 16.4 Å². The van der Waals surface area contributed by atoms with Crippen LogP contribution in [0, 0.1) is 0 Å². The Morgan fingerprint density at radius 2 is 2.24 bits per heavy atom. The van der Waals surface area contributed by atoms with Crippen molar-refractivity contribution in [2.45, 2.75) is 39.4 Å². The molecule has 0 unspecified atom stereocenters. The summed E-state index contributed by atoms with van der Waals surface area (Å²) in [5, 5.41) is 11.6. The molecule has 1 N–H and O–H groups in total. The summed E-state index contributed by atoms with van der Waals surface area (Å²) in [6, 6.07) is 0. The molecule has 2 aromatic rings. The Balaban J connectivity index is 1.92. The normalized spacial score (nSPS) is 11.9. The fraction of sp³-hybridized carbons (Fsp3) is 0.545. The summed E-state index contributed by atoms with van der Waals surface area (Å²) in [5.74, 6) is 0. The molecule has 17 heavy (non-hydrogen) atoms. The van der Waals surface area contributed by atoms with Gasteiger partial charge in [-0.1, -0.05) is 5.21 Å². The van der Waals surface area contributed by atoms with Gasteiger partial charge in [-0.05, 0) is 20.8 Å². The summed E-state index contributed by atoms with van der Waals surface area (Å²) in [5.41, 5.74) is 2.89. The van der Waals surface area contributed by atoms with Gasteiger partial charge in [-0.3, -0.25) is 4.98 Å². The molecule has 0 aliphatic rings. The third-order valence-corrected chi connectivity index (χ3v) is 2.95. The lowest BCUT2D eigenvalue weighted by Crippen LogP contribution is -2.35. The van der Waals surface area contributed by atoms with Crippen LogP contribution in [0.15, 0.2) is 17.9 Å². The highest BCUT2D eigenvalue weighted by Gasteiger charge is 2.10. The van der Waals surface area contributed by atoms with Crippen LogP contribution in [-0.4, -0.2) is 25.5 Å². The van der Waals surface area contributed by atoms with Crippen molar-refractivity contribution in [3.8, 4) is 0 Å². The summed E-state index contributed by atoms with van der Waals surface area (Å²) in [7, 11) is 0. The van der Waals surface area contributed by atoms with Crippen molar-refractivity contribution in [3.63, 3.8) is 0 Å². The fourth-order valence-electron chi connectivity index (χ4n) is 1.33. The van der Waals surface area contributed by atoms with Crippen molar-refractivity contribution in [3.05, 3.63) is 28.5 Å². The number of hydrogen-bond donors (Lipinski definition) is 1. The van der Waals surface area contributed by atoms with Crippen LogP contribution < -0.4 is 5.32 Å². The van der Waals surface area contributed by atoms with Crippen molar-refractivity contribution in [1.29, 1.82) is 0 Å².